The van der Waals surface area contributed by atoms with E-state index in [1.165, 1.54) is 23.1 Å². The smallest absolute Gasteiger partial charge is 0.343 e. The summed E-state index contributed by atoms with van der Waals surface area (Å²) in [5, 5.41) is 56.1. The molecular weight excluding hydrogens is 1280 g/mol. The van der Waals surface area contributed by atoms with Gasteiger partial charge in [0.25, 0.3) is 5.91 Å². The number of carbonyl (C=O) groups is 3. The maximum absolute atomic E-state index is 13.0. The van der Waals surface area contributed by atoms with Gasteiger partial charge < -0.3 is 75.0 Å². The molecule has 30 nitrogen and oxygen atoms in total. The van der Waals surface area contributed by atoms with Gasteiger partial charge in [0.2, 0.25) is 0 Å². The van der Waals surface area contributed by atoms with Gasteiger partial charge in [-0.25, -0.2) is 39.5 Å². The summed E-state index contributed by atoms with van der Waals surface area (Å²) in [6.45, 7) is 6.44. The van der Waals surface area contributed by atoms with Crippen LogP contribution in [0.3, 0.4) is 0 Å². The molecule has 2 saturated carbocycles. The summed E-state index contributed by atoms with van der Waals surface area (Å²) in [5.41, 5.74) is 14.8. The summed E-state index contributed by atoms with van der Waals surface area (Å²) in [5.74, 6) is 0.315. The van der Waals surface area contributed by atoms with Crippen LogP contribution in [0.4, 0.5) is 17.5 Å². The molecule has 0 spiro atoms. The molecule has 0 radical (unpaired) electrons. The van der Waals surface area contributed by atoms with Crippen LogP contribution in [0.15, 0.2) is 110 Å². The molecule has 3 saturated heterocycles. The normalized spacial score (nSPS) is 20.5. The number of aliphatic hydroxyl groups excluding tert-OH is 2. The van der Waals surface area contributed by atoms with E-state index < -0.39 is 18.0 Å². The molecule has 100 heavy (non-hydrogen) atoms. The predicted molar refractivity (Wildman–Crippen MR) is 374 cm³/mol. The minimum atomic E-state index is -1.06. The van der Waals surface area contributed by atoms with E-state index in [9.17, 15) is 24.6 Å². The predicted octanol–water partition coefficient (Wildman–Crippen LogP) is 8.01. The third-order valence-electron chi connectivity index (χ3n) is 19.2. The number of esters is 1. The number of amides is 1. The van der Waals surface area contributed by atoms with Gasteiger partial charge in [-0.1, -0.05) is 0 Å². The standard InChI is InChI=1S/C24H27N7O3.C22H24N6O3.C20H20N6O3.C4H9NO/c1-25-21-10-19(28-23-16(11-27-31(21)23)24(33)29-18-6-7-20(18)32)17-12-30(14-4-3-9-34-13-14)22-15(17)5-2-8-26-22;1-3-31-22(29)16-11-25-28-19(23-2)10-18(26-21(16)28)17-12-27(14-6-5-9-30-13-14)20-15(17)7-4-8-24-20;1-21-17-8-16(24-19-14(20(27)28)9-23-26(17)19)15-10-25(12-4-3-7-29-11-12)18-13(15)5-2-6-22-18;5-3-1-2-4(3)6/h2,5,8,10-12,14,18,20,25,32H,3-4,6-7,9,13H2,1H3,(H,29,33);4,7-8,10-12,14,23H,3,5-6,9,13H2,1-2H3;2,5-6,8-10,12,21H,3-4,7,11H2,1H3,(H,27,28);3-4,6H,1-2,5H2/t14-,18?,20-;14-;12-;3?,4-/m1111/s1. The van der Waals surface area contributed by atoms with Gasteiger partial charge >= 0.3 is 11.9 Å². The summed E-state index contributed by atoms with van der Waals surface area (Å²) in [6, 6.07) is 18.1. The van der Waals surface area contributed by atoms with Crippen LogP contribution in [0, 0.1) is 0 Å². The lowest BCUT2D eigenvalue weighted by molar-refractivity contribution is 0.0448. The van der Waals surface area contributed by atoms with Gasteiger partial charge in [-0.15, -0.1) is 0 Å². The van der Waals surface area contributed by atoms with Crippen molar-refractivity contribution in [1.82, 2.24) is 77.8 Å². The van der Waals surface area contributed by atoms with Crippen molar-refractivity contribution in [2.75, 3.05) is 83.3 Å². The van der Waals surface area contributed by atoms with E-state index in [1.54, 1.807) is 41.6 Å². The van der Waals surface area contributed by atoms with E-state index in [0.29, 0.717) is 71.6 Å². The van der Waals surface area contributed by atoms with Crippen molar-refractivity contribution in [3.8, 4) is 33.8 Å². The molecule has 5 fully saturated rings. The van der Waals surface area contributed by atoms with Crippen molar-refractivity contribution in [2.24, 2.45) is 5.73 Å². The van der Waals surface area contributed by atoms with Gasteiger partial charge in [-0.05, 0) is 108 Å². The zero-order valence-electron chi connectivity index (χ0n) is 55.9. The van der Waals surface area contributed by atoms with Crippen LogP contribution in [0.1, 0.15) is 120 Å². The third kappa shape index (κ3) is 13.0. The average molecular weight is 1360 g/mol. The number of aromatic nitrogens is 15. The van der Waals surface area contributed by atoms with E-state index >= 15 is 0 Å². The first kappa shape index (κ1) is 66.7. The number of hydrogen-bond acceptors (Lipinski definition) is 22. The zero-order chi connectivity index (χ0) is 69.1. The van der Waals surface area contributed by atoms with Crippen LogP contribution in [-0.4, -0.2) is 197 Å². The molecular formula is C70H80N20O10. The van der Waals surface area contributed by atoms with Gasteiger partial charge in [0.15, 0.2) is 16.9 Å². The Morgan fingerprint density at radius 3 is 1.26 bits per heavy atom. The molecule has 1 amide bonds. The molecule has 7 atom stereocenters. The Morgan fingerprint density at radius 1 is 0.540 bits per heavy atom. The molecule has 5 aliphatic rings. The minimum absolute atomic E-state index is 0.0610. The molecule has 30 heteroatoms. The largest absolute Gasteiger partial charge is 0.477 e. The van der Waals surface area contributed by atoms with Crippen LogP contribution >= 0.6 is 0 Å². The molecule has 2 aliphatic carbocycles. The zero-order valence-corrected chi connectivity index (χ0v) is 55.9. The first-order valence-electron chi connectivity index (χ1n) is 34.0. The van der Waals surface area contributed by atoms with Crippen LogP contribution in [0.25, 0.3) is 83.8 Å². The number of nitrogens with zero attached hydrogens (tertiary/aromatic N) is 15. The number of hydrogen-bond donors (Lipinski definition) is 8. The number of pyridine rings is 3. The van der Waals surface area contributed by atoms with E-state index in [0.717, 1.165) is 145 Å². The number of aromatic carboxylic acids is 1. The Hall–Kier alpha value is -10.5. The Labute approximate surface area is 572 Å². The number of carboxylic acid groups (broad SMARTS) is 1. The number of rotatable bonds is 14. The van der Waals surface area contributed by atoms with Gasteiger partial charge in [0.05, 0.1) is 98.5 Å². The quantitative estimate of drug-likeness (QED) is 0.0478. The number of anilines is 3. The van der Waals surface area contributed by atoms with Crippen LogP contribution in [0.5, 0.6) is 0 Å². The van der Waals surface area contributed by atoms with E-state index in [2.05, 4.69) is 82.6 Å². The summed E-state index contributed by atoms with van der Waals surface area (Å²) in [4.78, 5) is 65.2. The fourth-order valence-electron chi connectivity index (χ4n) is 13.4. The fraction of sp³-hybridized carbons (Fsp3) is 0.400. The number of carboxylic acids is 1. The highest BCUT2D eigenvalue weighted by Gasteiger charge is 2.33. The van der Waals surface area contributed by atoms with Crippen LogP contribution in [-0.2, 0) is 18.9 Å². The molecule has 0 bridgehead atoms. The molecule has 12 aromatic rings. The number of ether oxygens (including phenoxy) is 4. The second-order valence-corrected chi connectivity index (χ2v) is 25.4. The van der Waals surface area contributed by atoms with Crippen molar-refractivity contribution in [1.29, 1.82) is 0 Å². The highest BCUT2D eigenvalue weighted by molar-refractivity contribution is 6.02. The number of fused-ring (bicyclic) bond motifs is 6. The maximum Gasteiger partial charge on any atom is 0.343 e. The SMILES string of the molecule is CCOC(=O)c1cnn2c(NC)cc(-c3cn([C@@H]4CCCOC4)c4ncccc34)nc12.CNc1cc(-c2cn([C@@H]3CCCOC3)c3ncccc23)nc2c(C(=O)NC3CC[C@H]3O)cnn12.CNc1cc(-c2cn([C@@H]3CCCOC3)c3ncccc23)nc2c(C(=O)O)cnn12.NC1CC[C@H]1O. The number of nitrogens with one attached hydrogen (secondary N) is 4. The van der Waals surface area contributed by atoms with E-state index in [4.69, 9.17) is 39.8 Å². The molecule has 0 aromatic carbocycles. The van der Waals surface area contributed by atoms with Gasteiger partial charge in [-0.3, -0.25) is 4.79 Å². The molecule has 9 N–H and O–H groups in total. The first-order chi connectivity index (χ1) is 48.8. The average Bonchev–Trinajstić information content (AvgIpc) is 1.61. The highest BCUT2D eigenvalue weighted by atomic mass is 16.5. The Balaban J connectivity index is 0.000000123. The van der Waals surface area contributed by atoms with Crippen molar-refractivity contribution in [3.63, 3.8) is 0 Å². The van der Waals surface area contributed by atoms with Gasteiger partial charge in [0.1, 0.15) is 51.1 Å². The van der Waals surface area contributed by atoms with E-state index in [1.807, 2.05) is 74.9 Å². The van der Waals surface area contributed by atoms with Crippen molar-refractivity contribution in [2.45, 2.75) is 114 Å². The second kappa shape index (κ2) is 29.1. The summed E-state index contributed by atoms with van der Waals surface area (Å²) >= 11 is 0. The highest BCUT2D eigenvalue weighted by Crippen LogP contribution is 2.39. The minimum Gasteiger partial charge on any atom is -0.477 e. The van der Waals surface area contributed by atoms with Gasteiger partial charge in [0, 0.05) is 135 Å². The van der Waals surface area contributed by atoms with E-state index in [-0.39, 0.29) is 54.4 Å². The number of carbonyl (C=O) groups excluding carboxylic acids is 2. The maximum atomic E-state index is 13.0. The molecule has 2 unspecified atom stereocenters. The van der Waals surface area contributed by atoms with Crippen LogP contribution < -0.4 is 27.0 Å². The topological polar surface area (TPSA) is 367 Å². The monoisotopic (exact) mass is 1360 g/mol. The lowest BCUT2D eigenvalue weighted by atomic mass is 9.89. The first-order valence-corrected chi connectivity index (χ1v) is 34.0. The molecule has 520 valence electrons. The third-order valence-corrected chi connectivity index (χ3v) is 19.2. The summed E-state index contributed by atoms with van der Waals surface area (Å²) in [6.07, 6.45) is 24.8. The molecule has 17 rings (SSSR count). The molecule has 15 heterocycles. The summed E-state index contributed by atoms with van der Waals surface area (Å²) < 4.78 is 33.6. The van der Waals surface area contributed by atoms with Crippen molar-refractivity contribution < 1.29 is 48.7 Å². The lowest BCUT2D eigenvalue weighted by Crippen LogP contribution is -2.50. The Bertz CT molecular complexity index is 4950. The summed E-state index contributed by atoms with van der Waals surface area (Å²) in [7, 11) is 5.40. The Kier molecular flexibility index (Phi) is 19.4. The molecule has 3 aliphatic heterocycles. The van der Waals surface area contributed by atoms with Crippen molar-refractivity contribution in [3.05, 3.63) is 127 Å². The number of aliphatic hydroxyl groups is 2. The molecule has 12 aromatic heterocycles. The van der Waals surface area contributed by atoms with Gasteiger partial charge in [-0.2, -0.15) is 28.8 Å². The fourth-order valence-corrected chi connectivity index (χ4v) is 13.4. The second-order valence-electron chi connectivity index (χ2n) is 25.4. The van der Waals surface area contributed by atoms with Crippen molar-refractivity contribution >= 4 is 85.3 Å². The lowest BCUT2D eigenvalue weighted by Gasteiger charge is -2.32. The Morgan fingerprint density at radius 2 is 0.930 bits per heavy atom. The number of nitrogens with two attached hydrogens (primary N) is 1. The van der Waals surface area contributed by atoms with Crippen LogP contribution in [0.2, 0.25) is 0 Å².